The summed E-state index contributed by atoms with van der Waals surface area (Å²) in [6.07, 6.45) is 1.45. The van der Waals surface area contributed by atoms with Crippen molar-refractivity contribution < 1.29 is 10.2 Å². The van der Waals surface area contributed by atoms with Gasteiger partial charge in [-0.15, -0.1) is 0 Å². The first-order valence-electron chi connectivity index (χ1n) is 4.79. The predicted molar refractivity (Wildman–Crippen MR) is 60.7 cm³/mol. The van der Waals surface area contributed by atoms with Gasteiger partial charge in [-0.3, -0.25) is 0 Å². The van der Waals surface area contributed by atoms with E-state index in [1.807, 2.05) is 42.5 Å². The van der Waals surface area contributed by atoms with Gasteiger partial charge in [0.05, 0.1) is 6.26 Å². The van der Waals surface area contributed by atoms with E-state index in [-0.39, 0.29) is 0 Å². The Morgan fingerprint density at radius 3 is 2.53 bits per heavy atom. The number of aliphatic hydroxyl groups excluding tert-OH is 2. The fraction of sp³-hybridized carbons (Fsp3) is 0.0769. The third-order valence-electron chi connectivity index (χ3n) is 2.41. The molecule has 0 aliphatic carbocycles. The zero-order valence-corrected chi connectivity index (χ0v) is 8.17. The van der Waals surface area contributed by atoms with Crippen molar-refractivity contribution in [2.45, 2.75) is 6.10 Å². The highest BCUT2D eigenvalue weighted by molar-refractivity contribution is 5.86. The molecule has 2 heteroatoms. The summed E-state index contributed by atoms with van der Waals surface area (Å²) in [4.78, 5) is 0. The summed E-state index contributed by atoms with van der Waals surface area (Å²) in [5.74, 6) is 0. The molecule has 0 aliphatic heterocycles. The number of rotatable bonds is 2. The first-order chi connectivity index (χ1) is 7.33. The highest BCUT2D eigenvalue weighted by atomic mass is 16.3. The van der Waals surface area contributed by atoms with E-state index in [1.54, 1.807) is 0 Å². The highest BCUT2D eigenvalue weighted by Crippen LogP contribution is 2.24. The fourth-order valence-electron chi connectivity index (χ4n) is 1.69. The minimum absolute atomic E-state index is 0.763. The molecule has 76 valence electrons. The molecule has 2 rings (SSSR count). The molecule has 0 heterocycles. The number of benzene rings is 2. The van der Waals surface area contributed by atoms with Crippen LogP contribution in [0.5, 0.6) is 0 Å². The van der Waals surface area contributed by atoms with E-state index in [2.05, 4.69) is 0 Å². The van der Waals surface area contributed by atoms with Crippen LogP contribution in [0, 0.1) is 0 Å². The van der Waals surface area contributed by atoms with E-state index in [4.69, 9.17) is 5.11 Å². The lowest BCUT2D eigenvalue weighted by Crippen LogP contribution is -1.94. The van der Waals surface area contributed by atoms with E-state index >= 15 is 0 Å². The second-order valence-corrected chi connectivity index (χ2v) is 3.35. The highest BCUT2D eigenvalue weighted by Gasteiger charge is 2.06. The van der Waals surface area contributed by atoms with Crippen LogP contribution in [0.3, 0.4) is 0 Å². The van der Waals surface area contributed by atoms with Crippen LogP contribution in [0.2, 0.25) is 0 Å². The summed E-state index contributed by atoms with van der Waals surface area (Å²) in [6, 6.07) is 13.6. The minimum Gasteiger partial charge on any atom is -0.516 e. The number of hydrogen-bond acceptors (Lipinski definition) is 2. The van der Waals surface area contributed by atoms with Crippen molar-refractivity contribution in [3.8, 4) is 0 Å². The lowest BCUT2D eigenvalue weighted by Gasteiger charge is -2.09. The van der Waals surface area contributed by atoms with Crippen molar-refractivity contribution in [1.82, 2.24) is 0 Å². The largest absolute Gasteiger partial charge is 0.516 e. The topological polar surface area (TPSA) is 40.5 Å². The van der Waals surface area contributed by atoms with Gasteiger partial charge in [-0.25, -0.2) is 0 Å². The monoisotopic (exact) mass is 200 g/mol. The second-order valence-electron chi connectivity index (χ2n) is 3.35. The molecule has 0 aromatic heterocycles. The Labute approximate surface area is 88.1 Å². The summed E-state index contributed by atoms with van der Waals surface area (Å²) >= 11 is 0. The Kier molecular flexibility index (Phi) is 2.70. The molecular formula is C13H12O2. The molecule has 15 heavy (non-hydrogen) atoms. The van der Waals surface area contributed by atoms with E-state index < -0.39 is 6.10 Å². The van der Waals surface area contributed by atoms with Crippen LogP contribution in [-0.4, -0.2) is 10.2 Å². The van der Waals surface area contributed by atoms with Crippen LogP contribution in [-0.2, 0) is 0 Å². The molecule has 1 atom stereocenters. The molecular weight excluding hydrogens is 188 g/mol. The maximum absolute atomic E-state index is 9.77. The van der Waals surface area contributed by atoms with Gasteiger partial charge >= 0.3 is 0 Å². The number of fused-ring (bicyclic) bond motifs is 1. The van der Waals surface area contributed by atoms with Crippen molar-refractivity contribution in [3.05, 3.63) is 60.4 Å². The van der Waals surface area contributed by atoms with Crippen LogP contribution in [0.15, 0.2) is 54.8 Å². The van der Waals surface area contributed by atoms with Gasteiger partial charge < -0.3 is 10.2 Å². The summed E-state index contributed by atoms with van der Waals surface area (Å²) in [7, 11) is 0. The van der Waals surface area contributed by atoms with E-state index in [0.717, 1.165) is 22.6 Å². The molecule has 1 unspecified atom stereocenters. The first kappa shape index (κ1) is 9.74. The van der Waals surface area contributed by atoms with Crippen molar-refractivity contribution in [1.29, 1.82) is 0 Å². The van der Waals surface area contributed by atoms with Crippen molar-refractivity contribution in [2.75, 3.05) is 0 Å². The molecule has 0 amide bonds. The van der Waals surface area contributed by atoms with Gasteiger partial charge in [0.1, 0.15) is 6.10 Å². The molecule has 0 spiro atoms. The SMILES string of the molecule is OC=CC(O)c1cccc2ccccc12. The van der Waals surface area contributed by atoms with Crippen LogP contribution < -0.4 is 0 Å². The van der Waals surface area contributed by atoms with Crippen molar-refractivity contribution in [2.24, 2.45) is 0 Å². The molecule has 0 saturated carbocycles. The third kappa shape index (κ3) is 1.85. The molecule has 0 fully saturated rings. The predicted octanol–water partition coefficient (Wildman–Crippen LogP) is 2.94. The van der Waals surface area contributed by atoms with Crippen LogP contribution >= 0.6 is 0 Å². The summed E-state index contributed by atoms with van der Waals surface area (Å²) in [6.45, 7) is 0. The molecule has 0 bridgehead atoms. The summed E-state index contributed by atoms with van der Waals surface area (Å²) in [5.41, 5.74) is 0.804. The van der Waals surface area contributed by atoms with E-state index in [9.17, 15) is 5.11 Å². The number of aliphatic hydroxyl groups is 2. The van der Waals surface area contributed by atoms with Crippen LogP contribution in [0.25, 0.3) is 10.8 Å². The normalized spacial score (nSPS) is 13.4. The average molecular weight is 200 g/mol. The van der Waals surface area contributed by atoms with Gasteiger partial charge in [-0.1, -0.05) is 42.5 Å². The third-order valence-corrected chi connectivity index (χ3v) is 2.41. The summed E-state index contributed by atoms with van der Waals surface area (Å²) < 4.78 is 0. The first-order valence-corrected chi connectivity index (χ1v) is 4.79. The molecule has 2 aromatic rings. The smallest absolute Gasteiger partial charge is 0.101 e. The molecule has 2 N–H and O–H groups in total. The van der Waals surface area contributed by atoms with Gasteiger partial charge in [0, 0.05) is 0 Å². The maximum Gasteiger partial charge on any atom is 0.101 e. The molecule has 0 saturated heterocycles. The van der Waals surface area contributed by atoms with E-state index in [1.165, 1.54) is 6.08 Å². The Morgan fingerprint density at radius 2 is 1.73 bits per heavy atom. The van der Waals surface area contributed by atoms with E-state index in [0.29, 0.717) is 0 Å². The maximum atomic E-state index is 9.77. The molecule has 0 aliphatic rings. The fourth-order valence-corrected chi connectivity index (χ4v) is 1.69. The van der Waals surface area contributed by atoms with Gasteiger partial charge in [0.15, 0.2) is 0 Å². The van der Waals surface area contributed by atoms with Crippen LogP contribution in [0.1, 0.15) is 11.7 Å². The minimum atomic E-state index is -0.763. The standard InChI is InChI=1S/C13H12O2/c14-9-8-13(15)12-7-3-5-10-4-1-2-6-11(10)12/h1-9,13-15H. The Balaban J connectivity index is 2.60. The zero-order chi connectivity index (χ0) is 10.7. The Morgan fingerprint density at radius 1 is 1.00 bits per heavy atom. The van der Waals surface area contributed by atoms with Gasteiger partial charge in [-0.05, 0) is 22.4 Å². The molecule has 2 nitrogen and oxygen atoms in total. The van der Waals surface area contributed by atoms with Crippen LogP contribution in [0.4, 0.5) is 0 Å². The lowest BCUT2D eigenvalue weighted by atomic mass is 10.0. The molecule has 2 aromatic carbocycles. The van der Waals surface area contributed by atoms with Gasteiger partial charge in [0.2, 0.25) is 0 Å². The summed E-state index contributed by atoms with van der Waals surface area (Å²) in [5, 5.41) is 20.5. The Hall–Kier alpha value is -1.80. The Bertz CT molecular complexity index is 483. The van der Waals surface area contributed by atoms with Gasteiger partial charge in [-0.2, -0.15) is 0 Å². The van der Waals surface area contributed by atoms with Gasteiger partial charge in [0.25, 0.3) is 0 Å². The molecule has 0 radical (unpaired) electrons. The van der Waals surface area contributed by atoms with Crippen molar-refractivity contribution >= 4 is 10.8 Å². The lowest BCUT2D eigenvalue weighted by molar-refractivity contribution is 0.226. The quantitative estimate of drug-likeness (QED) is 0.732. The zero-order valence-electron chi connectivity index (χ0n) is 8.17. The average Bonchev–Trinajstić information content (AvgIpc) is 2.28. The number of hydrogen-bond donors (Lipinski definition) is 2. The van der Waals surface area contributed by atoms with Crippen molar-refractivity contribution in [3.63, 3.8) is 0 Å². The second kappa shape index (κ2) is 4.15.